The molecule has 0 radical (unpaired) electrons. The molecule has 0 bridgehead atoms. The highest BCUT2D eigenvalue weighted by Gasteiger charge is 2.32. The lowest BCUT2D eigenvalue weighted by atomic mass is 10.0. The van der Waals surface area contributed by atoms with Gasteiger partial charge in [-0.3, -0.25) is 4.79 Å². The molecule has 0 aliphatic carbocycles. The lowest BCUT2D eigenvalue weighted by Gasteiger charge is -2.19. The SMILES string of the molecule is CCOC(=O)N(C)CC1C(=O)Nc2ccccc21. The predicted octanol–water partition coefficient (Wildman–Crippen LogP) is 1.81. The normalized spacial score (nSPS) is 17.0. The first-order valence-corrected chi connectivity index (χ1v) is 5.91. The first kappa shape index (κ1) is 12.4. The molecule has 1 aliphatic heterocycles. The molecule has 0 spiro atoms. The maximum absolute atomic E-state index is 11.9. The zero-order valence-corrected chi connectivity index (χ0v) is 10.5. The van der Waals surface area contributed by atoms with Crippen LogP contribution in [0.4, 0.5) is 10.5 Å². The number of fused-ring (bicyclic) bond motifs is 1. The van der Waals surface area contributed by atoms with Crippen molar-refractivity contribution < 1.29 is 14.3 Å². The van der Waals surface area contributed by atoms with Crippen molar-refractivity contribution in [3.8, 4) is 0 Å². The molecule has 1 unspecified atom stereocenters. The summed E-state index contributed by atoms with van der Waals surface area (Å²) in [5.74, 6) is -0.400. The van der Waals surface area contributed by atoms with E-state index in [1.54, 1.807) is 14.0 Å². The van der Waals surface area contributed by atoms with E-state index in [-0.39, 0.29) is 11.8 Å². The lowest BCUT2D eigenvalue weighted by Crippen LogP contribution is -2.33. The molecule has 1 aromatic rings. The average Bonchev–Trinajstić information content (AvgIpc) is 2.66. The van der Waals surface area contributed by atoms with Crippen LogP contribution in [-0.2, 0) is 9.53 Å². The van der Waals surface area contributed by atoms with Gasteiger partial charge in [-0.2, -0.15) is 0 Å². The third-order valence-electron chi connectivity index (χ3n) is 2.95. The first-order valence-electron chi connectivity index (χ1n) is 5.91. The molecule has 5 heteroatoms. The maximum Gasteiger partial charge on any atom is 0.409 e. The van der Waals surface area contributed by atoms with Gasteiger partial charge in [0.15, 0.2) is 0 Å². The van der Waals surface area contributed by atoms with Crippen molar-refractivity contribution in [3.05, 3.63) is 29.8 Å². The fourth-order valence-electron chi connectivity index (χ4n) is 2.04. The summed E-state index contributed by atoms with van der Waals surface area (Å²) in [5.41, 5.74) is 1.75. The Morgan fingerprint density at radius 3 is 2.89 bits per heavy atom. The van der Waals surface area contributed by atoms with E-state index in [0.717, 1.165) is 11.3 Å². The fraction of sp³-hybridized carbons (Fsp3) is 0.385. The van der Waals surface area contributed by atoms with Crippen molar-refractivity contribution >= 4 is 17.7 Å². The van der Waals surface area contributed by atoms with Crippen LogP contribution in [0.15, 0.2) is 24.3 Å². The second kappa shape index (κ2) is 5.08. The largest absolute Gasteiger partial charge is 0.450 e. The van der Waals surface area contributed by atoms with Crippen LogP contribution in [0.3, 0.4) is 0 Å². The number of nitrogens with one attached hydrogen (secondary N) is 1. The van der Waals surface area contributed by atoms with Crippen LogP contribution in [0.1, 0.15) is 18.4 Å². The molecule has 0 saturated carbocycles. The number of hydrogen-bond acceptors (Lipinski definition) is 3. The molecule has 1 N–H and O–H groups in total. The van der Waals surface area contributed by atoms with Crippen molar-refractivity contribution in [2.45, 2.75) is 12.8 Å². The maximum atomic E-state index is 11.9. The Labute approximate surface area is 106 Å². The molecule has 96 valence electrons. The number of carbonyl (C=O) groups is 2. The topological polar surface area (TPSA) is 58.6 Å². The second-order valence-electron chi connectivity index (χ2n) is 4.21. The summed E-state index contributed by atoms with van der Waals surface area (Å²) < 4.78 is 4.89. The third-order valence-corrected chi connectivity index (χ3v) is 2.95. The summed E-state index contributed by atoms with van der Waals surface area (Å²) in [6.45, 7) is 2.40. The molecule has 1 aliphatic rings. The molecule has 1 atom stereocenters. The van der Waals surface area contributed by atoms with Crippen molar-refractivity contribution in [1.29, 1.82) is 0 Å². The zero-order chi connectivity index (χ0) is 13.1. The molecular formula is C13H16N2O3. The van der Waals surface area contributed by atoms with E-state index in [0.29, 0.717) is 13.2 Å². The monoisotopic (exact) mass is 248 g/mol. The minimum atomic E-state index is -0.408. The molecule has 0 aromatic heterocycles. The Kier molecular flexibility index (Phi) is 3.50. The van der Waals surface area contributed by atoms with Gasteiger partial charge in [0.25, 0.3) is 0 Å². The van der Waals surface area contributed by atoms with E-state index in [1.807, 2.05) is 24.3 Å². The van der Waals surface area contributed by atoms with Gasteiger partial charge in [0.05, 0.1) is 12.5 Å². The Morgan fingerprint density at radius 1 is 1.44 bits per heavy atom. The van der Waals surface area contributed by atoms with Gasteiger partial charge >= 0.3 is 6.09 Å². The highest BCUT2D eigenvalue weighted by Crippen LogP contribution is 2.32. The van der Waals surface area contributed by atoms with E-state index in [2.05, 4.69) is 5.32 Å². The molecule has 1 heterocycles. The predicted molar refractivity (Wildman–Crippen MR) is 67.5 cm³/mol. The van der Waals surface area contributed by atoms with E-state index in [1.165, 1.54) is 4.90 Å². The number of amides is 2. The molecule has 18 heavy (non-hydrogen) atoms. The fourth-order valence-corrected chi connectivity index (χ4v) is 2.04. The van der Waals surface area contributed by atoms with Crippen LogP contribution in [0.2, 0.25) is 0 Å². The Hall–Kier alpha value is -2.04. The number of likely N-dealkylation sites (N-methyl/N-ethyl adjacent to an activating group) is 1. The number of para-hydroxylation sites is 1. The number of benzene rings is 1. The van der Waals surface area contributed by atoms with Crippen molar-refractivity contribution in [1.82, 2.24) is 4.90 Å². The lowest BCUT2D eigenvalue weighted by molar-refractivity contribution is -0.117. The number of ether oxygens (including phenoxy) is 1. The van der Waals surface area contributed by atoms with E-state index < -0.39 is 6.09 Å². The zero-order valence-electron chi connectivity index (χ0n) is 10.5. The van der Waals surface area contributed by atoms with E-state index in [4.69, 9.17) is 4.74 Å². The minimum Gasteiger partial charge on any atom is -0.450 e. The van der Waals surface area contributed by atoms with Crippen LogP contribution < -0.4 is 5.32 Å². The summed E-state index contributed by atoms with van der Waals surface area (Å²) in [6.07, 6.45) is -0.408. The average molecular weight is 248 g/mol. The quantitative estimate of drug-likeness (QED) is 0.887. The standard InChI is InChI=1S/C13H16N2O3/c1-3-18-13(17)15(2)8-10-9-6-4-5-7-11(9)14-12(10)16/h4-7,10H,3,8H2,1-2H3,(H,14,16). The number of hydrogen-bond donors (Lipinski definition) is 1. The molecule has 5 nitrogen and oxygen atoms in total. The summed E-state index contributed by atoms with van der Waals surface area (Å²) in [4.78, 5) is 24.8. The van der Waals surface area contributed by atoms with Crippen molar-refractivity contribution in [2.24, 2.45) is 0 Å². The van der Waals surface area contributed by atoms with Crippen LogP contribution in [-0.4, -0.2) is 37.1 Å². The Balaban J connectivity index is 2.10. The van der Waals surface area contributed by atoms with Crippen molar-refractivity contribution in [3.63, 3.8) is 0 Å². The van der Waals surface area contributed by atoms with Gasteiger partial charge in [-0.1, -0.05) is 18.2 Å². The number of anilines is 1. The van der Waals surface area contributed by atoms with Crippen LogP contribution in [0, 0.1) is 0 Å². The summed E-state index contributed by atoms with van der Waals surface area (Å²) >= 11 is 0. The van der Waals surface area contributed by atoms with Crippen LogP contribution in [0.25, 0.3) is 0 Å². The number of nitrogens with zero attached hydrogens (tertiary/aromatic N) is 1. The summed E-state index contributed by atoms with van der Waals surface area (Å²) in [6, 6.07) is 7.52. The van der Waals surface area contributed by atoms with Gasteiger partial charge in [0.2, 0.25) is 5.91 Å². The van der Waals surface area contributed by atoms with Gasteiger partial charge in [0.1, 0.15) is 0 Å². The molecule has 2 rings (SSSR count). The third kappa shape index (κ3) is 2.30. The minimum absolute atomic E-state index is 0.0765. The van der Waals surface area contributed by atoms with Crippen LogP contribution >= 0.6 is 0 Å². The van der Waals surface area contributed by atoms with E-state index in [9.17, 15) is 9.59 Å². The van der Waals surface area contributed by atoms with Gasteiger partial charge in [-0.15, -0.1) is 0 Å². The van der Waals surface area contributed by atoms with Gasteiger partial charge < -0.3 is 15.0 Å². The highest BCUT2D eigenvalue weighted by molar-refractivity contribution is 6.03. The van der Waals surface area contributed by atoms with Crippen molar-refractivity contribution in [2.75, 3.05) is 25.5 Å². The molecule has 2 amide bonds. The Bertz CT molecular complexity index is 473. The van der Waals surface area contributed by atoms with Crippen LogP contribution in [0.5, 0.6) is 0 Å². The molecular weight excluding hydrogens is 232 g/mol. The smallest absolute Gasteiger partial charge is 0.409 e. The number of carbonyl (C=O) groups excluding carboxylic acids is 2. The van der Waals surface area contributed by atoms with Gasteiger partial charge in [0, 0.05) is 19.3 Å². The molecule has 0 saturated heterocycles. The summed E-state index contributed by atoms with van der Waals surface area (Å²) in [5, 5.41) is 2.81. The molecule has 1 aromatic carbocycles. The van der Waals surface area contributed by atoms with Gasteiger partial charge in [-0.05, 0) is 18.6 Å². The highest BCUT2D eigenvalue weighted by atomic mass is 16.5. The summed E-state index contributed by atoms with van der Waals surface area (Å²) in [7, 11) is 1.63. The molecule has 0 fully saturated rings. The van der Waals surface area contributed by atoms with Gasteiger partial charge in [-0.25, -0.2) is 4.79 Å². The number of rotatable bonds is 3. The van der Waals surface area contributed by atoms with E-state index >= 15 is 0 Å². The first-order chi connectivity index (χ1) is 8.63. The Morgan fingerprint density at radius 2 is 2.17 bits per heavy atom. The second-order valence-corrected chi connectivity index (χ2v) is 4.21.